The Morgan fingerprint density at radius 1 is 1.29 bits per heavy atom. The molecule has 1 aromatic carbocycles. The number of hydrogen-bond donors (Lipinski definition) is 1. The first-order valence-corrected chi connectivity index (χ1v) is 10.3. The zero-order valence-electron chi connectivity index (χ0n) is 14.8. The van der Waals surface area contributed by atoms with E-state index >= 15 is 0 Å². The van der Waals surface area contributed by atoms with Crippen LogP contribution in [-0.2, 0) is 19.1 Å². The summed E-state index contributed by atoms with van der Waals surface area (Å²) in [5.74, 6) is -1.96. The molecule has 1 aromatic rings. The van der Waals surface area contributed by atoms with E-state index in [-0.39, 0.29) is 37.6 Å². The zero-order valence-corrected chi connectivity index (χ0v) is 15.6. The van der Waals surface area contributed by atoms with Gasteiger partial charge in [0.15, 0.2) is 12.2 Å². The minimum atomic E-state index is -9.82. The highest BCUT2D eigenvalue weighted by Crippen LogP contribution is 3.02. The lowest BCUT2D eigenvalue weighted by atomic mass is 10.1. The van der Waals surface area contributed by atoms with E-state index in [0.29, 0.717) is 6.42 Å². The molecule has 0 radical (unpaired) electrons. The van der Waals surface area contributed by atoms with Gasteiger partial charge in [0.2, 0.25) is 0 Å². The Morgan fingerprint density at radius 3 is 2.43 bits per heavy atom. The van der Waals surface area contributed by atoms with Gasteiger partial charge in [0, 0.05) is 12.2 Å². The molecule has 0 saturated carbocycles. The number of carbonyl (C=O) groups excluding carboxylic acids is 2. The zero-order chi connectivity index (χ0) is 21.2. The van der Waals surface area contributed by atoms with Crippen molar-refractivity contribution < 1.29 is 43.6 Å². The summed E-state index contributed by atoms with van der Waals surface area (Å²) in [6, 6.07) is 1.81. The number of hydrogen-bond acceptors (Lipinski definition) is 5. The number of rotatable bonds is 7. The van der Waals surface area contributed by atoms with Gasteiger partial charge in [-0.1, -0.05) is 32.8 Å². The summed E-state index contributed by atoms with van der Waals surface area (Å²) >= 11 is 0. The third-order valence-corrected chi connectivity index (χ3v) is 5.15. The van der Waals surface area contributed by atoms with Gasteiger partial charge in [-0.2, -0.15) is 0 Å². The standard InChI is InChI=1S/C16H20F5NO5S/c1-2-3-9-27-16(25)13(23)14-15(24)22(8-10-26-14)11-4-6-12(7-5-11)28(17,18,19,20)21/h4-7,13-14,23H,2-3,8-10H2,1H3/t13-,14-/m1/s1. The largest absolute Gasteiger partial charge is 0.464 e. The molecule has 0 aliphatic carbocycles. The van der Waals surface area contributed by atoms with Crippen LogP contribution in [0.25, 0.3) is 0 Å². The van der Waals surface area contributed by atoms with E-state index in [0.717, 1.165) is 23.5 Å². The quantitative estimate of drug-likeness (QED) is 0.402. The fourth-order valence-corrected chi connectivity index (χ4v) is 3.15. The maximum atomic E-state index is 12.8. The van der Waals surface area contributed by atoms with Gasteiger partial charge in [-0.25, -0.2) is 4.79 Å². The first-order valence-electron chi connectivity index (χ1n) is 8.36. The summed E-state index contributed by atoms with van der Waals surface area (Å²) < 4.78 is 73.9. The average molecular weight is 433 g/mol. The van der Waals surface area contributed by atoms with Crippen LogP contribution in [0, 0.1) is 0 Å². The molecular formula is C16H20F5NO5S. The van der Waals surface area contributed by atoms with Gasteiger partial charge >= 0.3 is 16.2 Å². The first-order chi connectivity index (χ1) is 12.7. The van der Waals surface area contributed by atoms with Crippen LogP contribution in [0.5, 0.6) is 0 Å². The Morgan fingerprint density at radius 2 is 1.89 bits per heavy atom. The van der Waals surface area contributed by atoms with E-state index in [1.165, 1.54) is 0 Å². The monoisotopic (exact) mass is 433 g/mol. The molecule has 160 valence electrons. The molecule has 1 aliphatic rings. The highest BCUT2D eigenvalue weighted by atomic mass is 32.5. The predicted octanol–water partition coefficient (Wildman–Crippen LogP) is 3.78. The minimum Gasteiger partial charge on any atom is -0.464 e. The maximum Gasteiger partial charge on any atom is 0.338 e. The Hall–Kier alpha value is -1.92. The summed E-state index contributed by atoms with van der Waals surface area (Å²) in [6.45, 7) is 1.69. The molecule has 12 heteroatoms. The maximum absolute atomic E-state index is 12.8. The molecule has 0 bridgehead atoms. The number of nitrogens with zero attached hydrogens (tertiary/aromatic N) is 1. The van der Waals surface area contributed by atoms with Crippen LogP contribution < -0.4 is 4.90 Å². The lowest BCUT2D eigenvalue weighted by Crippen LogP contribution is -2.54. The molecule has 0 aromatic heterocycles. The van der Waals surface area contributed by atoms with Crippen molar-refractivity contribution in [3.05, 3.63) is 24.3 Å². The van der Waals surface area contributed by atoms with Crippen LogP contribution in [0.2, 0.25) is 0 Å². The fraction of sp³-hybridized carbons (Fsp3) is 0.500. The van der Waals surface area contributed by atoms with Crippen LogP contribution >= 0.6 is 10.2 Å². The summed E-state index contributed by atoms with van der Waals surface area (Å²) in [4.78, 5) is 23.2. The topological polar surface area (TPSA) is 76.1 Å². The number of amides is 1. The van der Waals surface area contributed by atoms with Crippen molar-refractivity contribution in [2.75, 3.05) is 24.7 Å². The van der Waals surface area contributed by atoms with E-state index in [4.69, 9.17) is 9.47 Å². The van der Waals surface area contributed by atoms with Crippen molar-refractivity contribution >= 4 is 27.8 Å². The highest BCUT2D eigenvalue weighted by Gasteiger charge is 2.65. The SMILES string of the molecule is CCCCOC(=O)[C@H](O)[C@H]1OCCN(c2ccc(S(F)(F)(F)(F)F)cc2)C1=O. The lowest BCUT2D eigenvalue weighted by Gasteiger charge is -2.40. The molecule has 1 aliphatic heterocycles. The minimum absolute atomic E-state index is 0.0485. The number of unbranched alkanes of at least 4 members (excludes halogenated alkanes) is 1. The molecule has 1 heterocycles. The van der Waals surface area contributed by atoms with Gasteiger partial charge in [-0.15, -0.1) is 0 Å². The van der Waals surface area contributed by atoms with E-state index < -0.39 is 39.2 Å². The van der Waals surface area contributed by atoms with Crippen LogP contribution in [0.3, 0.4) is 0 Å². The molecule has 1 fully saturated rings. The molecule has 0 unspecified atom stereocenters. The number of aliphatic hydroxyl groups is 1. The molecule has 1 N–H and O–H groups in total. The lowest BCUT2D eigenvalue weighted by molar-refractivity contribution is -0.168. The Labute approximate surface area is 157 Å². The Bertz CT molecular complexity index is 740. The molecule has 6 nitrogen and oxygen atoms in total. The molecule has 28 heavy (non-hydrogen) atoms. The molecule has 2 rings (SSSR count). The van der Waals surface area contributed by atoms with Crippen molar-refractivity contribution in [3.63, 3.8) is 0 Å². The van der Waals surface area contributed by atoms with Crippen molar-refractivity contribution in [2.24, 2.45) is 0 Å². The van der Waals surface area contributed by atoms with E-state index in [9.17, 15) is 34.1 Å². The summed E-state index contributed by atoms with van der Waals surface area (Å²) in [7, 11) is -9.82. The van der Waals surface area contributed by atoms with Crippen LogP contribution in [0.1, 0.15) is 19.8 Å². The molecule has 2 atom stereocenters. The van der Waals surface area contributed by atoms with Gasteiger partial charge in [-0.3, -0.25) is 4.79 Å². The second kappa shape index (κ2) is 7.16. The van der Waals surface area contributed by atoms with Crippen molar-refractivity contribution in [1.29, 1.82) is 0 Å². The third kappa shape index (κ3) is 5.32. The van der Waals surface area contributed by atoms with Crippen LogP contribution in [0.15, 0.2) is 29.2 Å². The number of benzene rings is 1. The van der Waals surface area contributed by atoms with Gasteiger partial charge in [0.1, 0.15) is 4.90 Å². The van der Waals surface area contributed by atoms with Crippen molar-refractivity contribution in [2.45, 2.75) is 36.9 Å². The van der Waals surface area contributed by atoms with E-state index in [1.54, 1.807) is 0 Å². The fourth-order valence-electron chi connectivity index (χ4n) is 2.50. The van der Waals surface area contributed by atoms with Gasteiger partial charge in [0.25, 0.3) is 5.91 Å². The first kappa shape index (κ1) is 22.4. The number of anilines is 1. The van der Waals surface area contributed by atoms with Crippen molar-refractivity contribution in [1.82, 2.24) is 0 Å². The summed E-state index contributed by atoms with van der Waals surface area (Å²) in [6.07, 6.45) is -2.23. The summed E-state index contributed by atoms with van der Waals surface area (Å²) in [5, 5.41) is 10.0. The number of ether oxygens (including phenoxy) is 2. The molecule has 0 spiro atoms. The smallest absolute Gasteiger partial charge is 0.338 e. The van der Waals surface area contributed by atoms with Gasteiger partial charge in [-0.05, 0) is 30.7 Å². The van der Waals surface area contributed by atoms with Crippen LogP contribution in [-0.4, -0.2) is 48.9 Å². The van der Waals surface area contributed by atoms with E-state index in [2.05, 4.69) is 0 Å². The van der Waals surface area contributed by atoms with E-state index in [1.807, 2.05) is 6.92 Å². The second-order valence-electron chi connectivity index (χ2n) is 6.21. The Kier molecular flexibility index (Phi) is 5.72. The number of morpholine rings is 1. The number of carbonyl (C=O) groups is 2. The third-order valence-electron chi connectivity index (χ3n) is 3.99. The van der Waals surface area contributed by atoms with Gasteiger partial charge in [0.05, 0.1) is 13.2 Å². The number of halogens is 5. The second-order valence-corrected chi connectivity index (χ2v) is 8.62. The molecule has 1 saturated heterocycles. The van der Waals surface area contributed by atoms with Crippen molar-refractivity contribution in [3.8, 4) is 0 Å². The highest BCUT2D eigenvalue weighted by molar-refractivity contribution is 8.45. The number of esters is 1. The van der Waals surface area contributed by atoms with Gasteiger partial charge < -0.3 is 19.5 Å². The molecular weight excluding hydrogens is 413 g/mol. The Balaban J connectivity index is 2.15. The summed E-state index contributed by atoms with van der Waals surface area (Å²) in [5.41, 5.74) is -0.101. The predicted molar refractivity (Wildman–Crippen MR) is 91.8 cm³/mol. The number of aliphatic hydroxyl groups excluding tert-OH is 1. The molecule has 1 amide bonds. The van der Waals surface area contributed by atoms with Crippen LogP contribution in [0.4, 0.5) is 25.1 Å². The average Bonchev–Trinajstić information content (AvgIpc) is 2.59. The normalized spacial score (nSPS) is 21.6.